The van der Waals surface area contributed by atoms with Crippen LogP contribution in [-0.4, -0.2) is 16.7 Å². The molecule has 0 fully saturated rings. The van der Waals surface area contributed by atoms with Crippen LogP contribution >= 0.6 is 23.4 Å². The Morgan fingerprint density at radius 3 is 2.42 bits per heavy atom. The zero-order valence-electron chi connectivity index (χ0n) is 19.4. The van der Waals surface area contributed by atoms with Gasteiger partial charge in [0, 0.05) is 26.9 Å². The first-order chi connectivity index (χ1) is 17.6. The van der Waals surface area contributed by atoms with Gasteiger partial charge in [0.15, 0.2) is 5.09 Å². The Labute approximate surface area is 218 Å². The van der Waals surface area contributed by atoms with Gasteiger partial charge in [-0.15, -0.1) is 0 Å². The van der Waals surface area contributed by atoms with Crippen molar-refractivity contribution in [3.63, 3.8) is 0 Å². The van der Waals surface area contributed by atoms with Gasteiger partial charge in [0.1, 0.15) is 5.76 Å². The van der Waals surface area contributed by atoms with Crippen molar-refractivity contribution in [2.45, 2.75) is 16.9 Å². The van der Waals surface area contributed by atoms with Gasteiger partial charge >= 0.3 is 0 Å². The lowest BCUT2D eigenvalue weighted by atomic mass is 10.1. The second kappa shape index (κ2) is 10.7. The van der Waals surface area contributed by atoms with E-state index in [0.29, 0.717) is 16.3 Å². The second-order valence-electron chi connectivity index (χ2n) is 8.02. The van der Waals surface area contributed by atoms with Crippen LogP contribution in [0.2, 0.25) is 5.02 Å². The zero-order valence-corrected chi connectivity index (χ0v) is 21.0. The number of furan rings is 1. The van der Waals surface area contributed by atoms with Crippen molar-refractivity contribution < 1.29 is 9.21 Å². The summed E-state index contributed by atoms with van der Waals surface area (Å²) < 4.78 is 7.92. The fraction of sp³-hybridized carbons (Fsp3) is 0.0345. The second-order valence-corrected chi connectivity index (χ2v) is 9.53. The van der Waals surface area contributed by atoms with Crippen molar-refractivity contribution in [2.24, 2.45) is 5.10 Å². The summed E-state index contributed by atoms with van der Waals surface area (Å²) in [6, 6.07) is 33.1. The maximum absolute atomic E-state index is 12.6. The molecule has 5 nitrogen and oxygen atoms in total. The molecule has 0 unspecified atom stereocenters. The first kappa shape index (κ1) is 23.7. The van der Waals surface area contributed by atoms with Crippen molar-refractivity contribution in [3.8, 4) is 16.9 Å². The summed E-state index contributed by atoms with van der Waals surface area (Å²) in [5.74, 6) is 0.242. The van der Waals surface area contributed by atoms with Gasteiger partial charge in [-0.25, -0.2) is 5.43 Å². The molecule has 2 aromatic heterocycles. The number of hydrogen-bond acceptors (Lipinski definition) is 4. The Morgan fingerprint density at radius 2 is 1.67 bits per heavy atom. The third-order valence-corrected chi connectivity index (χ3v) is 6.71. The molecule has 5 aromatic rings. The van der Waals surface area contributed by atoms with Crippen LogP contribution in [0.1, 0.15) is 21.8 Å². The van der Waals surface area contributed by atoms with Gasteiger partial charge in [-0.1, -0.05) is 53.7 Å². The summed E-state index contributed by atoms with van der Waals surface area (Å²) in [5.41, 5.74) is 7.40. The molecule has 0 radical (unpaired) electrons. The Balaban J connectivity index is 1.23. The molecular weight excluding hydrogens is 490 g/mol. The number of hydrogen-bond donors (Lipinski definition) is 1. The molecule has 0 aliphatic heterocycles. The maximum atomic E-state index is 12.6. The average Bonchev–Trinajstić information content (AvgIpc) is 3.52. The monoisotopic (exact) mass is 511 g/mol. The van der Waals surface area contributed by atoms with Gasteiger partial charge in [0.25, 0.3) is 5.91 Å². The first-order valence-electron chi connectivity index (χ1n) is 11.3. The van der Waals surface area contributed by atoms with Crippen molar-refractivity contribution in [1.29, 1.82) is 0 Å². The Kier molecular flexibility index (Phi) is 7.07. The minimum Gasteiger partial charge on any atom is -0.448 e. The van der Waals surface area contributed by atoms with Crippen molar-refractivity contribution in [1.82, 2.24) is 9.99 Å². The highest BCUT2D eigenvalue weighted by atomic mass is 35.5. The van der Waals surface area contributed by atoms with Crippen molar-refractivity contribution in [2.75, 3.05) is 0 Å². The smallest absolute Gasteiger partial charge is 0.271 e. The molecule has 0 bridgehead atoms. The number of hydrazone groups is 1. The maximum Gasteiger partial charge on any atom is 0.271 e. The Hall–Kier alpha value is -4.00. The van der Waals surface area contributed by atoms with E-state index in [0.717, 1.165) is 32.6 Å². The molecule has 0 atom stereocenters. The van der Waals surface area contributed by atoms with E-state index < -0.39 is 0 Å². The van der Waals surface area contributed by atoms with E-state index in [1.54, 1.807) is 18.2 Å². The van der Waals surface area contributed by atoms with E-state index in [1.807, 2.05) is 60.7 Å². The van der Waals surface area contributed by atoms with Crippen LogP contribution in [0.5, 0.6) is 0 Å². The molecule has 178 valence electrons. The van der Waals surface area contributed by atoms with Crippen LogP contribution < -0.4 is 5.43 Å². The molecular formula is C29H22ClN3O2S. The van der Waals surface area contributed by atoms with E-state index in [1.165, 1.54) is 18.0 Å². The fourth-order valence-electron chi connectivity index (χ4n) is 3.77. The number of carbonyl (C=O) groups is 1. The van der Waals surface area contributed by atoms with E-state index >= 15 is 0 Å². The van der Waals surface area contributed by atoms with Gasteiger partial charge in [0.2, 0.25) is 0 Å². The number of nitrogens with zero attached hydrogens (tertiary/aromatic N) is 2. The average molecular weight is 512 g/mol. The largest absolute Gasteiger partial charge is 0.448 e. The Bertz CT molecular complexity index is 1500. The van der Waals surface area contributed by atoms with Crippen molar-refractivity contribution >= 4 is 35.5 Å². The number of nitrogens with one attached hydrogen (secondary N) is 1. The van der Waals surface area contributed by atoms with Gasteiger partial charge in [-0.05, 0) is 85.3 Å². The van der Waals surface area contributed by atoms with Crippen LogP contribution in [0.25, 0.3) is 16.9 Å². The molecule has 1 N–H and O–H groups in total. The number of amides is 1. The topological polar surface area (TPSA) is 59.5 Å². The quantitative estimate of drug-likeness (QED) is 0.180. The Morgan fingerprint density at radius 1 is 0.917 bits per heavy atom. The predicted octanol–water partition coefficient (Wildman–Crippen LogP) is 7.61. The standard InChI is InChI=1S/C29H22ClN3O2S/c1-20-7-17-27(21-5-3-2-4-6-21)33(20)24-12-8-22(9-13-24)29(34)32-31-19-25-14-18-28(35-25)36-26-15-10-23(30)11-16-26/h2-19H,1H3,(H,32,34)/b31-19+. The van der Waals surface area contributed by atoms with Crippen LogP contribution in [0, 0.1) is 6.92 Å². The molecule has 2 heterocycles. The molecule has 5 rings (SSSR count). The van der Waals surface area contributed by atoms with Gasteiger partial charge in [0.05, 0.1) is 11.9 Å². The molecule has 3 aromatic carbocycles. The number of carbonyl (C=O) groups excluding carboxylic acids is 1. The number of halogens is 1. The molecule has 0 spiro atoms. The van der Waals surface area contributed by atoms with Gasteiger partial charge in [-0.3, -0.25) is 4.79 Å². The minimum absolute atomic E-state index is 0.298. The lowest BCUT2D eigenvalue weighted by Crippen LogP contribution is -2.17. The minimum atomic E-state index is -0.298. The van der Waals surface area contributed by atoms with E-state index in [2.05, 4.69) is 46.3 Å². The summed E-state index contributed by atoms with van der Waals surface area (Å²) >= 11 is 7.40. The van der Waals surface area contributed by atoms with E-state index in [9.17, 15) is 4.79 Å². The third-order valence-electron chi connectivity index (χ3n) is 5.53. The lowest BCUT2D eigenvalue weighted by molar-refractivity contribution is 0.0955. The van der Waals surface area contributed by atoms with Gasteiger partial charge in [-0.2, -0.15) is 5.10 Å². The van der Waals surface area contributed by atoms with Crippen LogP contribution in [0.15, 0.2) is 123 Å². The molecule has 36 heavy (non-hydrogen) atoms. The van der Waals surface area contributed by atoms with E-state index in [4.69, 9.17) is 16.0 Å². The molecule has 0 saturated heterocycles. The highest BCUT2D eigenvalue weighted by molar-refractivity contribution is 7.99. The zero-order chi connectivity index (χ0) is 24.9. The predicted molar refractivity (Wildman–Crippen MR) is 145 cm³/mol. The fourth-order valence-corrected chi connectivity index (χ4v) is 4.68. The normalized spacial score (nSPS) is 11.2. The van der Waals surface area contributed by atoms with Gasteiger partial charge < -0.3 is 8.98 Å². The molecule has 0 aliphatic carbocycles. The molecule has 0 saturated carbocycles. The molecule has 1 amide bonds. The SMILES string of the molecule is Cc1ccc(-c2ccccc2)n1-c1ccc(C(=O)N/N=C/c2ccc(Sc3ccc(Cl)cc3)o2)cc1. The van der Waals surface area contributed by atoms with Crippen LogP contribution in [0.3, 0.4) is 0 Å². The highest BCUT2D eigenvalue weighted by Gasteiger charge is 2.11. The number of rotatable bonds is 7. The van der Waals surface area contributed by atoms with Crippen molar-refractivity contribution in [3.05, 3.63) is 125 Å². The third kappa shape index (κ3) is 5.46. The number of benzene rings is 3. The van der Waals surface area contributed by atoms with E-state index in [-0.39, 0.29) is 5.91 Å². The summed E-state index contributed by atoms with van der Waals surface area (Å²) in [6.45, 7) is 2.07. The number of aryl methyl sites for hydroxylation is 1. The first-order valence-corrected chi connectivity index (χ1v) is 12.5. The van der Waals surface area contributed by atoms with Crippen LogP contribution in [0.4, 0.5) is 0 Å². The van der Waals surface area contributed by atoms with Crippen LogP contribution in [-0.2, 0) is 0 Å². The molecule has 0 aliphatic rings. The summed E-state index contributed by atoms with van der Waals surface area (Å²) in [7, 11) is 0. The molecule has 7 heteroatoms. The summed E-state index contributed by atoms with van der Waals surface area (Å²) in [4.78, 5) is 13.6. The summed E-state index contributed by atoms with van der Waals surface area (Å²) in [6.07, 6.45) is 1.48. The number of aromatic nitrogens is 1. The summed E-state index contributed by atoms with van der Waals surface area (Å²) in [5, 5.41) is 5.45. The highest BCUT2D eigenvalue weighted by Crippen LogP contribution is 2.30. The lowest BCUT2D eigenvalue weighted by Gasteiger charge is -2.12.